The van der Waals surface area contributed by atoms with E-state index >= 15 is 0 Å². The summed E-state index contributed by atoms with van der Waals surface area (Å²) in [7, 11) is 0. The van der Waals surface area contributed by atoms with Crippen molar-refractivity contribution in [3.63, 3.8) is 0 Å². The molecule has 0 spiro atoms. The largest absolute Gasteiger partial charge is 0.493 e. The van der Waals surface area contributed by atoms with Gasteiger partial charge in [0, 0.05) is 18.7 Å². The fourth-order valence-corrected chi connectivity index (χ4v) is 5.86. The summed E-state index contributed by atoms with van der Waals surface area (Å²) in [5, 5.41) is 29.6. The quantitative estimate of drug-likeness (QED) is 0.455. The summed E-state index contributed by atoms with van der Waals surface area (Å²) >= 11 is 1.24. The fraction of sp³-hybridized carbons (Fsp3) is 0.333. The number of aromatic nitrogens is 1. The van der Waals surface area contributed by atoms with E-state index in [4.69, 9.17) is 4.74 Å². The van der Waals surface area contributed by atoms with E-state index in [-0.39, 0.29) is 30.2 Å². The predicted octanol–water partition coefficient (Wildman–Crippen LogP) is 3.95. The molecule has 12 heteroatoms. The maximum Gasteiger partial charge on any atom is 0.420 e. The van der Waals surface area contributed by atoms with Gasteiger partial charge in [-0.1, -0.05) is 29.5 Å². The second-order valence-electron chi connectivity index (χ2n) is 9.24. The van der Waals surface area contributed by atoms with E-state index in [1.807, 2.05) is 4.90 Å². The zero-order valence-electron chi connectivity index (χ0n) is 20.9. The first kappa shape index (κ1) is 26.7. The lowest BCUT2D eigenvalue weighted by Crippen LogP contribution is -2.36. The Morgan fingerprint density at radius 2 is 2.00 bits per heavy atom. The van der Waals surface area contributed by atoms with Crippen LogP contribution >= 0.6 is 11.3 Å². The Hall–Kier alpha value is -3.93. The van der Waals surface area contributed by atoms with Gasteiger partial charge in [-0.3, -0.25) is 4.79 Å². The Labute approximate surface area is 225 Å². The number of carbonyl (C=O) groups is 1. The molecule has 3 aromatic rings. The smallest absolute Gasteiger partial charge is 0.420 e. The van der Waals surface area contributed by atoms with E-state index in [1.54, 1.807) is 25.1 Å². The molecule has 1 fully saturated rings. The number of hydrogen-bond acceptors (Lipinski definition) is 8. The van der Waals surface area contributed by atoms with Crippen molar-refractivity contribution < 1.29 is 32.9 Å². The molecule has 3 heterocycles. The summed E-state index contributed by atoms with van der Waals surface area (Å²) in [6.45, 7) is 2.73. The van der Waals surface area contributed by atoms with Crippen LogP contribution in [0.4, 0.5) is 18.3 Å². The number of fused-ring (bicyclic) bond motifs is 1. The Kier molecular flexibility index (Phi) is 7.30. The SMILES string of the molecule is CCOc1cccc(Cc2c3c(ccc2=Cc2sc(N4CCC(C(=O)O)CC4)nc2O)=NN=C3)c1C(F)(F)F. The van der Waals surface area contributed by atoms with Crippen molar-refractivity contribution in [1.82, 2.24) is 4.98 Å². The Morgan fingerprint density at radius 3 is 2.69 bits per heavy atom. The molecule has 39 heavy (non-hydrogen) atoms. The Balaban J connectivity index is 1.55. The summed E-state index contributed by atoms with van der Waals surface area (Å²) in [6, 6.07) is 7.75. The van der Waals surface area contributed by atoms with Crippen molar-refractivity contribution in [2.24, 2.45) is 16.1 Å². The maximum atomic E-state index is 14.1. The van der Waals surface area contributed by atoms with Gasteiger partial charge in [-0.05, 0) is 60.7 Å². The second kappa shape index (κ2) is 10.7. The lowest BCUT2D eigenvalue weighted by atomic mass is 9.93. The van der Waals surface area contributed by atoms with Crippen LogP contribution in [0.2, 0.25) is 0 Å². The average Bonchev–Trinajstić information content (AvgIpc) is 3.52. The topological polar surface area (TPSA) is 108 Å². The number of rotatable bonds is 7. The molecule has 0 bridgehead atoms. The van der Waals surface area contributed by atoms with Crippen LogP contribution in [0, 0.1) is 5.92 Å². The molecule has 1 aromatic heterocycles. The van der Waals surface area contributed by atoms with Crippen LogP contribution in [0.3, 0.4) is 0 Å². The third-order valence-corrected chi connectivity index (χ3v) is 7.86. The van der Waals surface area contributed by atoms with Crippen LogP contribution in [0.25, 0.3) is 6.08 Å². The fourth-order valence-electron chi connectivity index (χ4n) is 4.89. The highest BCUT2D eigenvalue weighted by atomic mass is 32.1. The number of halogens is 3. The van der Waals surface area contributed by atoms with Crippen LogP contribution in [-0.2, 0) is 17.4 Å². The van der Waals surface area contributed by atoms with Crippen LogP contribution < -0.4 is 20.2 Å². The molecule has 0 aliphatic carbocycles. The minimum Gasteiger partial charge on any atom is -0.493 e. The van der Waals surface area contributed by atoms with E-state index in [1.165, 1.54) is 35.8 Å². The van der Waals surface area contributed by atoms with Gasteiger partial charge in [0.15, 0.2) is 5.13 Å². The summed E-state index contributed by atoms with van der Waals surface area (Å²) in [6.07, 6.45) is -0.514. The molecule has 1 saturated heterocycles. The number of alkyl halides is 3. The molecule has 8 nitrogen and oxygen atoms in total. The normalized spacial score (nSPS) is 15.9. The summed E-state index contributed by atoms with van der Waals surface area (Å²) in [4.78, 5) is 17.9. The number of aliphatic carboxylic acids is 1. The maximum absolute atomic E-state index is 14.1. The number of anilines is 1. The van der Waals surface area contributed by atoms with Crippen LogP contribution in [0.15, 0.2) is 40.5 Å². The van der Waals surface area contributed by atoms with Crippen molar-refractivity contribution in [3.05, 3.63) is 68.0 Å². The van der Waals surface area contributed by atoms with Gasteiger partial charge < -0.3 is 19.8 Å². The van der Waals surface area contributed by atoms with Crippen molar-refractivity contribution in [3.8, 4) is 11.6 Å². The molecule has 0 amide bonds. The number of piperidine rings is 1. The number of aromatic hydroxyl groups is 1. The van der Waals surface area contributed by atoms with Gasteiger partial charge in [0.1, 0.15) is 11.3 Å². The minimum atomic E-state index is -4.62. The van der Waals surface area contributed by atoms with E-state index < -0.39 is 23.6 Å². The van der Waals surface area contributed by atoms with Crippen molar-refractivity contribution in [1.29, 1.82) is 0 Å². The molecule has 5 rings (SSSR count). The Bertz CT molecular complexity index is 1560. The van der Waals surface area contributed by atoms with Crippen LogP contribution in [0.5, 0.6) is 11.6 Å². The van der Waals surface area contributed by atoms with Gasteiger partial charge in [0.2, 0.25) is 5.88 Å². The highest BCUT2D eigenvalue weighted by molar-refractivity contribution is 7.16. The first-order valence-electron chi connectivity index (χ1n) is 12.4. The van der Waals surface area contributed by atoms with E-state index in [2.05, 4.69) is 15.2 Å². The predicted molar refractivity (Wildman–Crippen MR) is 140 cm³/mol. The highest BCUT2D eigenvalue weighted by Gasteiger charge is 2.37. The number of nitrogens with zero attached hydrogens (tertiary/aromatic N) is 4. The standard InChI is InChI=1S/C27H25F3N4O4S/c1-2-38-21-5-3-4-17(23(21)27(28,29)30)12-18-16(6-7-20-19(18)14-31-33-20)13-22-24(35)32-26(39-22)34-10-8-15(9-11-34)25(36)37/h3-7,13-15,35H,2,8-12H2,1H3,(H,36,37). The number of thiazole rings is 1. The van der Waals surface area contributed by atoms with Gasteiger partial charge in [0.05, 0.1) is 29.0 Å². The lowest BCUT2D eigenvalue weighted by Gasteiger charge is -2.29. The van der Waals surface area contributed by atoms with Gasteiger partial charge in [-0.25, -0.2) is 0 Å². The number of carboxylic acid groups (broad SMARTS) is 1. The first-order valence-corrected chi connectivity index (χ1v) is 13.2. The van der Waals surface area contributed by atoms with Gasteiger partial charge >= 0.3 is 12.1 Å². The molecule has 0 unspecified atom stereocenters. The number of ether oxygens (including phenoxy) is 1. The molecule has 2 N–H and O–H groups in total. The van der Waals surface area contributed by atoms with E-state index in [0.29, 0.717) is 57.6 Å². The monoisotopic (exact) mass is 558 g/mol. The van der Waals surface area contributed by atoms with Crippen LogP contribution in [0.1, 0.15) is 46.9 Å². The Morgan fingerprint density at radius 1 is 1.23 bits per heavy atom. The van der Waals surface area contributed by atoms with Crippen molar-refractivity contribution in [2.45, 2.75) is 32.4 Å². The molecule has 204 valence electrons. The highest BCUT2D eigenvalue weighted by Crippen LogP contribution is 2.40. The molecule has 2 aliphatic rings. The molecule has 0 saturated carbocycles. The molecule has 0 radical (unpaired) electrons. The molecular formula is C27H25F3N4O4S. The van der Waals surface area contributed by atoms with Crippen molar-refractivity contribution in [2.75, 3.05) is 24.6 Å². The number of benzene rings is 2. The van der Waals surface area contributed by atoms with Gasteiger partial charge in [-0.2, -0.15) is 28.4 Å². The minimum absolute atomic E-state index is 0.0484. The number of hydrogen-bond donors (Lipinski definition) is 2. The molecule has 2 aliphatic heterocycles. The summed E-state index contributed by atoms with van der Waals surface area (Å²) < 4.78 is 47.7. The summed E-state index contributed by atoms with van der Waals surface area (Å²) in [5.74, 6) is -1.64. The molecule has 0 atom stereocenters. The molecular weight excluding hydrogens is 533 g/mol. The van der Waals surface area contributed by atoms with E-state index in [0.717, 1.165) is 0 Å². The zero-order chi connectivity index (χ0) is 27.7. The third-order valence-electron chi connectivity index (χ3n) is 6.81. The van der Waals surface area contributed by atoms with Gasteiger partial charge in [-0.15, -0.1) is 0 Å². The lowest BCUT2D eigenvalue weighted by molar-refractivity contribution is -0.142. The van der Waals surface area contributed by atoms with E-state index in [9.17, 15) is 28.2 Å². The van der Waals surface area contributed by atoms with Crippen LogP contribution in [-0.4, -0.2) is 47.1 Å². The number of carboxylic acids is 1. The van der Waals surface area contributed by atoms with Crippen molar-refractivity contribution >= 4 is 34.7 Å². The molecule has 2 aromatic carbocycles. The zero-order valence-corrected chi connectivity index (χ0v) is 21.7. The summed E-state index contributed by atoms with van der Waals surface area (Å²) in [5.41, 5.74) is 0.411. The third kappa shape index (κ3) is 5.47. The average molecular weight is 559 g/mol. The second-order valence-corrected chi connectivity index (χ2v) is 10.2. The van der Waals surface area contributed by atoms with Gasteiger partial charge in [0.25, 0.3) is 0 Å². The first-order chi connectivity index (χ1) is 18.7.